The van der Waals surface area contributed by atoms with E-state index in [0.717, 1.165) is 0 Å². The Labute approximate surface area is 147 Å². The molecule has 1 nitrogen and oxygen atoms in total. The van der Waals surface area contributed by atoms with Gasteiger partial charge in [0, 0.05) is 0 Å². The van der Waals surface area contributed by atoms with Crippen molar-refractivity contribution in [1.82, 2.24) is 0 Å². The molecule has 0 N–H and O–H groups in total. The normalized spacial score (nSPS) is 18.0. The molecule has 0 atom stereocenters. The van der Waals surface area contributed by atoms with Gasteiger partial charge in [0.25, 0.3) is 0 Å². The van der Waals surface area contributed by atoms with Crippen molar-refractivity contribution in [2.75, 3.05) is 26.2 Å². The van der Waals surface area contributed by atoms with Gasteiger partial charge < -0.3 is 4.48 Å². The second-order valence-corrected chi connectivity index (χ2v) is 8.13. The summed E-state index contributed by atoms with van der Waals surface area (Å²) in [4.78, 5) is 0. The van der Waals surface area contributed by atoms with E-state index in [2.05, 4.69) is 13.8 Å². The van der Waals surface area contributed by atoms with Crippen molar-refractivity contribution in [2.45, 2.75) is 117 Å². The Morgan fingerprint density at radius 3 is 1.39 bits per heavy atom. The number of hydrogen-bond donors (Lipinski definition) is 0. The number of quaternary nitrogens is 1. The van der Waals surface area contributed by atoms with Crippen LogP contribution in [-0.4, -0.2) is 30.7 Å². The number of likely N-dealkylation sites (tertiary alicyclic amines) is 1. The van der Waals surface area contributed by atoms with Crippen LogP contribution in [0.3, 0.4) is 0 Å². The molecule has 0 aromatic heterocycles. The molecule has 1 aliphatic rings. The molecule has 1 fully saturated rings. The largest absolute Gasteiger partial charge is 0.324 e. The maximum Gasteiger partial charge on any atom is 0.0786 e. The molecule has 0 radical (unpaired) electrons. The van der Waals surface area contributed by atoms with Crippen molar-refractivity contribution in [1.29, 1.82) is 0 Å². The fraction of sp³-hybridized carbons (Fsp3) is 1.00. The monoisotopic (exact) mass is 324 g/mol. The van der Waals surface area contributed by atoms with Crippen LogP contribution in [-0.2, 0) is 0 Å². The minimum atomic E-state index is 1.37. The van der Waals surface area contributed by atoms with E-state index >= 15 is 0 Å². The van der Waals surface area contributed by atoms with E-state index in [0.29, 0.717) is 0 Å². The van der Waals surface area contributed by atoms with E-state index in [1.54, 1.807) is 0 Å². The predicted molar refractivity (Wildman–Crippen MR) is 105 cm³/mol. The maximum absolute atomic E-state index is 2.42. The maximum atomic E-state index is 2.42. The van der Waals surface area contributed by atoms with E-state index < -0.39 is 0 Å². The molecule has 0 unspecified atom stereocenters. The fourth-order valence-electron chi connectivity index (χ4n) is 4.35. The van der Waals surface area contributed by atoms with Crippen LogP contribution in [0.4, 0.5) is 0 Å². The average molecular weight is 325 g/mol. The summed E-state index contributed by atoms with van der Waals surface area (Å²) in [6.45, 7) is 10.5. The molecule has 0 aromatic rings. The molecule has 0 amide bonds. The summed E-state index contributed by atoms with van der Waals surface area (Å²) in [5.41, 5.74) is 0. The molecular weight excluding hydrogens is 278 g/mol. The van der Waals surface area contributed by atoms with Crippen LogP contribution < -0.4 is 0 Å². The predicted octanol–water partition coefficient (Wildman–Crippen LogP) is 7.10. The van der Waals surface area contributed by atoms with Gasteiger partial charge in [-0.15, -0.1) is 0 Å². The van der Waals surface area contributed by atoms with Gasteiger partial charge in [-0.25, -0.2) is 0 Å². The molecule has 0 aliphatic carbocycles. The average Bonchev–Trinajstić information content (AvgIpc) is 2.82. The van der Waals surface area contributed by atoms with E-state index in [9.17, 15) is 0 Å². The summed E-state index contributed by atoms with van der Waals surface area (Å²) >= 11 is 0. The van der Waals surface area contributed by atoms with Gasteiger partial charge in [-0.3, -0.25) is 0 Å². The molecule has 0 aromatic carbocycles. The molecule has 1 aliphatic heterocycles. The van der Waals surface area contributed by atoms with Crippen molar-refractivity contribution in [2.24, 2.45) is 0 Å². The molecule has 138 valence electrons. The molecule has 1 saturated heterocycles. The first-order valence-corrected chi connectivity index (χ1v) is 11.2. The van der Waals surface area contributed by atoms with Crippen LogP contribution in [0.1, 0.15) is 117 Å². The van der Waals surface area contributed by atoms with Gasteiger partial charge in [0.05, 0.1) is 26.2 Å². The lowest BCUT2D eigenvalue weighted by atomic mass is 10.0. The first-order chi connectivity index (χ1) is 11.3. The van der Waals surface area contributed by atoms with Crippen LogP contribution in [0.5, 0.6) is 0 Å². The van der Waals surface area contributed by atoms with Gasteiger partial charge in [0.15, 0.2) is 0 Å². The van der Waals surface area contributed by atoms with Crippen LogP contribution in [0.15, 0.2) is 0 Å². The molecule has 1 heterocycles. The van der Waals surface area contributed by atoms with Gasteiger partial charge in [-0.1, -0.05) is 71.1 Å². The summed E-state index contributed by atoms with van der Waals surface area (Å²) in [5.74, 6) is 0. The lowest BCUT2D eigenvalue weighted by molar-refractivity contribution is -0.926. The Hall–Kier alpha value is -0.0400. The van der Waals surface area contributed by atoms with Crippen LogP contribution in [0.25, 0.3) is 0 Å². The summed E-state index contributed by atoms with van der Waals surface area (Å²) in [7, 11) is 0. The van der Waals surface area contributed by atoms with Crippen molar-refractivity contribution in [3.05, 3.63) is 0 Å². The number of hydrogen-bond acceptors (Lipinski definition) is 0. The SMILES string of the molecule is CCCCCCCCCCCCCC[N+]1(CC)CCCCCC1. The van der Waals surface area contributed by atoms with Crippen LogP contribution in [0, 0.1) is 0 Å². The highest BCUT2D eigenvalue weighted by Gasteiger charge is 2.25. The fourth-order valence-corrected chi connectivity index (χ4v) is 4.35. The van der Waals surface area contributed by atoms with Crippen LogP contribution in [0.2, 0.25) is 0 Å². The lowest BCUT2D eigenvalue weighted by Crippen LogP contribution is -2.49. The van der Waals surface area contributed by atoms with Gasteiger partial charge >= 0.3 is 0 Å². The number of unbranched alkanes of at least 4 members (excludes halogenated alkanes) is 11. The second-order valence-electron chi connectivity index (χ2n) is 8.13. The van der Waals surface area contributed by atoms with Gasteiger partial charge in [-0.05, 0) is 45.4 Å². The molecule has 0 bridgehead atoms. The lowest BCUT2D eigenvalue weighted by Gasteiger charge is -2.37. The third kappa shape index (κ3) is 10.4. The summed E-state index contributed by atoms with van der Waals surface area (Å²) in [5, 5.41) is 0. The zero-order valence-corrected chi connectivity index (χ0v) is 16.6. The van der Waals surface area contributed by atoms with E-state index in [-0.39, 0.29) is 0 Å². The smallest absolute Gasteiger partial charge is 0.0786 e. The summed E-state index contributed by atoms with van der Waals surface area (Å²) in [6.07, 6.45) is 23.6. The van der Waals surface area contributed by atoms with Gasteiger partial charge in [0.1, 0.15) is 0 Å². The topological polar surface area (TPSA) is 0 Å². The van der Waals surface area contributed by atoms with E-state index in [1.807, 2.05) is 0 Å². The van der Waals surface area contributed by atoms with Crippen molar-refractivity contribution in [3.63, 3.8) is 0 Å². The zero-order chi connectivity index (χ0) is 16.6. The molecule has 23 heavy (non-hydrogen) atoms. The highest BCUT2D eigenvalue weighted by Crippen LogP contribution is 2.20. The Balaban J connectivity index is 1.90. The Morgan fingerprint density at radius 2 is 0.957 bits per heavy atom. The Kier molecular flexibility index (Phi) is 13.1. The summed E-state index contributed by atoms with van der Waals surface area (Å²) in [6, 6.07) is 0. The molecule has 0 spiro atoms. The molecular formula is C22H46N+. The number of nitrogens with zero attached hydrogens (tertiary/aromatic N) is 1. The first kappa shape index (κ1) is 21.0. The second kappa shape index (κ2) is 14.3. The van der Waals surface area contributed by atoms with Crippen molar-refractivity contribution < 1.29 is 4.48 Å². The van der Waals surface area contributed by atoms with E-state index in [4.69, 9.17) is 0 Å². The van der Waals surface area contributed by atoms with Gasteiger partial charge in [-0.2, -0.15) is 0 Å². The minimum Gasteiger partial charge on any atom is -0.324 e. The zero-order valence-electron chi connectivity index (χ0n) is 16.6. The quantitative estimate of drug-likeness (QED) is 0.236. The highest BCUT2D eigenvalue weighted by atomic mass is 15.3. The Morgan fingerprint density at radius 1 is 0.522 bits per heavy atom. The molecule has 1 rings (SSSR count). The summed E-state index contributed by atoms with van der Waals surface area (Å²) < 4.78 is 1.44. The minimum absolute atomic E-state index is 1.37. The third-order valence-corrected chi connectivity index (χ3v) is 6.17. The van der Waals surface area contributed by atoms with Crippen molar-refractivity contribution >= 4 is 0 Å². The highest BCUT2D eigenvalue weighted by molar-refractivity contribution is 4.54. The first-order valence-electron chi connectivity index (χ1n) is 11.2. The Bertz CT molecular complexity index is 240. The molecule has 0 saturated carbocycles. The van der Waals surface area contributed by atoms with Crippen LogP contribution >= 0.6 is 0 Å². The van der Waals surface area contributed by atoms with Crippen molar-refractivity contribution in [3.8, 4) is 0 Å². The third-order valence-electron chi connectivity index (χ3n) is 6.17. The van der Waals surface area contributed by atoms with Gasteiger partial charge in [0.2, 0.25) is 0 Å². The molecule has 1 heteroatoms. The van der Waals surface area contributed by atoms with E-state index in [1.165, 1.54) is 133 Å². The standard InChI is InChI=1S/C22H46N/c1-3-5-6-7-8-9-10-11-12-13-14-17-20-23(4-2)21-18-15-16-19-22-23/h3-22H2,1-2H3/q+1. The number of rotatable bonds is 14.